The molecule has 0 saturated heterocycles. The maximum atomic E-state index is 9.34. The van der Waals surface area contributed by atoms with E-state index in [-0.39, 0.29) is 0 Å². The van der Waals surface area contributed by atoms with E-state index in [1.165, 1.54) is 0 Å². The highest BCUT2D eigenvalue weighted by molar-refractivity contribution is 7.98. The van der Waals surface area contributed by atoms with E-state index in [0.717, 1.165) is 21.8 Å². The molecule has 0 aliphatic heterocycles. The smallest absolute Gasteiger partial charge is 0.103 e. The van der Waals surface area contributed by atoms with E-state index in [1.54, 1.807) is 11.8 Å². The fraction of sp³-hybridized carbons (Fsp3) is 0.133. The Labute approximate surface area is 112 Å². The lowest BCUT2D eigenvalue weighted by molar-refractivity contribution is 1.18. The first kappa shape index (κ1) is 12.5. The Morgan fingerprint density at radius 3 is 2.39 bits per heavy atom. The molecule has 0 aliphatic carbocycles. The van der Waals surface area contributed by atoms with E-state index in [2.05, 4.69) is 6.07 Å². The standard InChI is InChI=1S/C15H14N2S/c1-17(12-7-4-3-5-8-12)14-9-6-10-15(18-2)13(14)11-16/h3-10H,1-2H3. The molecule has 0 unspecified atom stereocenters. The van der Waals surface area contributed by atoms with Gasteiger partial charge in [-0.25, -0.2) is 0 Å². The lowest BCUT2D eigenvalue weighted by Crippen LogP contribution is -2.11. The largest absolute Gasteiger partial charge is 0.344 e. The Morgan fingerprint density at radius 1 is 1.06 bits per heavy atom. The molecule has 0 heterocycles. The maximum Gasteiger partial charge on any atom is 0.103 e. The third-order valence-electron chi connectivity index (χ3n) is 2.84. The number of para-hydroxylation sites is 1. The molecule has 3 heteroatoms. The zero-order chi connectivity index (χ0) is 13.0. The number of nitriles is 1. The molecule has 2 rings (SSSR count). The van der Waals surface area contributed by atoms with Gasteiger partial charge in [0, 0.05) is 17.6 Å². The van der Waals surface area contributed by atoms with E-state index in [0.29, 0.717) is 0 Å². The van der Waals surface area contributed by atoms with Crippen molar-refractivity contribution >= 4 is 23.1 Å². The van der Waals surface area contributed by atoms with Gasteiger partial charge in [0.25, 0.3) is 0 Å². The predicted molar refractivity (Wildman–Crippen MR) is 77.4 cm³/mol. The lowest BCUT2D eigenvalue weighted by atomic mass is 10.1. The first-order valence-corrected chi connectivity index (χ1v) is 6.86. The number of rotatable bonds is 3. The summed E-state index contributed by atoms with van der Waals surface area (Å²) < 4.78 is 0. The van der Waals surface area contributed by atoms with Crippen LogP contribution in [0.3, 0.4) is 0 Å². The molecular formula is C15H14N2S. The normalized spacial score (nSPS) is 9.83. The second-order valence-electron chi connectivity index (χ2n) is 3.86. The van der Waals surface area contributed by atoms with Crippen LogP contribution in [-0.2, 0) is 0 Å². The Bertz CT molecular complexity index is 573. The third-order valence-corrected chi connectivity index (χ3v) is 3.62. The molecule has 0 aromatic heterocycles. The first-order chi connectivity index (χ1) is 8.77. The summed E-state index contributed by atoms with van der Waals surface area (Å²) in [5.74, 6) is 0. The van der Waals surface area contributed by atoms with Gasteiger partial charge in [-0.3, -0.25) is 0 Å². The fourth-order valence-corrected chi connectivity index (χ4v) is 2.44. The summed E-state index contributed by atoms with van der Waals surface area (Å²) in [5, 5.41) is 9.34. The number of hydrogen-bond acceptors (Lipinski definition) is 3. The zero-order valence-corrected chi connectivity index (χ0v) is 11.2. The van der Waals surface area contributed by atoms with Crippen LogP contribution in [0.5, 0.6) is 0 Å². The molecule has 18 heavy (non-hydrogen) atoms. The Kier molecular flexibility index (Phi) is 3.91. The Morgan fingerprint density at radius 2 is 1.78 bits per heavy atom. The van der Waals surface area contributed by atoms with E-state index in [4.69, 9.17) is 0 Å². The van der Waals surface area contributed by atoms with Crippen LogP contribution >= 0.6 is 11.8 Å². The summed E-state index contributed by atoms with van der Waals surface area (Å²) in [5.41, 5.74) is 2.75. The summed E-state index contributed by atoms with van der Waals surface area (Å²) in [4.78, 5) is 3.05. The molecule has 0 atom stereocenters. The summed E-state index contributed by atoms with van der Waals surface area (Å²) in [6, 6.07) is 18.3. The van der Waals surface area contributed by atoms with E-state index in [9.17, 15) is 5.26 Å². The van der Waals surface area contributed by atoms with Gasteiger partial charge in [0.1, 0.15) is 6.07 Å². The molecular weight excluding hydrogens is 240 g/mol. The third kappa shape index (κ3) is 2.34. The van der Waals surface area contributed by atoms with E-state index < -0.39 is 0 Å². The Hall–Kier alpha value is -1.92. The molecule has 2 nitrogen and oxygen atoms in total. The molecule has 0 saturated carbocycles. The summed E-state index contributed by atoms with van der Waals surface area (Å²) >= 11 is 1.60. The van der Waals surface area contributed by atoms with E-state index in [1.807, 2.05) is 66.7 Å². The minimum absolute atomic E-state index is 0.733. The van der Waals surface area contributed by atoms with Crippen LogP contribution in [0, 0.1) is 11.3 Å². The van der Waals surface area contributed by atoms with Crippen molar-refractivity contribution in [2.75, 3.05) is 18.2 Å². The maximum absolute atomic E-state index is 9.34. The lowest BCUT2D eigenvalue weighted by Gasteiger charge is -2.21. The van der Waals surface area contributed by atoms with Gasteiger partial charge < -0.3 is 4.90 Å². The molecule has 0 N–H and O–H groups in total. The van der Waals surface area contributed by atoms with Gasteiger partial charge in [0.15, 0.2) is 0 Å². The molecule has 0 bridgehead atoms. The van der Waals surface area contributed by atoms with Gasteiger partial charge in [-0.05, 0) is 30.5 Å². The van der Waals surface area contributed by atoms with Crippen LogP contribution in [0.2, 0.25) is 0 Å². The van der Waals surface area contributed by atoms with Crippen molar-refractivity contribution in [2.24, 2.45) is 0 Å². The first-order valence-electron chi connectivity index (χ1n) is 5.64. The highest BCUT2D eigenvalue weighted by Crippen LogP contribution is 2.32. The number of benzene rings is 2. The predicted octanol–water partition coefficient (Wildman–Crippen LogP) is 4.05. The highest BCUT2D eigenvalue weighted by atomic mass is 32.2. The van der Waals surface area contributed by atoms with Crippen LogP contribution in [0.25, 0.3) is 0 Å². The van der Waals surface area contributed by atoms with Gasteiger partial charge >= 0.3 is 0 Å². The fourth-order valence-electron chi connectivity index (χ4n) is 1.87. The number of anilines is 2. The van der Waals surface area contributed by atoms with Gasteiger partial charge in [0.2, 0.25) is 0 Å². The molecule has 0 amide bonds. The van der Waals surface area contributed by atoms with Crippen molar-refractivity contribution in [2.45, 2.75) is 4.90 Å². The van der Waals surface area contributed by atoms with Crippen LogP contribution in [-0.4, -0.2) is 13.3 Å². The van der Waals surface area contributed by atoms with Crippen molar-refractivity contribution < 1.29 is 0 Å². The molecule has 0 spiro atoms. The minimum Gasteiger partial charge on any atom is -0.344 e. The average molecular weight is 254 g/mol. The quantitative estimate of drug-likeness (QED) is 0.773. The van der Waals surface area contributed by atoms with Gasteiger partial charge in [-0.15, -0.1) is 11.8 Å². The molecule has 90 valence electrons. The summed E-state index contributed by atoms with van der Waals surface area (Å²) in [6.45, 7) is 0. The zero-order valence-electron chi connectivity index (χ0n) is 10.4. The van der Waals surface area contributed by atoms with Gasteiger partial charge in [-0.1, -0.05) is 24.3 Å². The number of thioether (sulfide) groups is 1. The number of nitrogens with zero attached hydrogens (tertiary/aromatic N) is 2. The molecule has 2 aromatic carbocycles. The number of hydrogen-bond donors (Lipinski definition) is 0. The molecule has 2 aromatic rings. The van der Waals surface area contributed by atoms with Crippen molar-refractivity contribution in [3.8, 4) is 6.07 Å². The van der Waals surface area contributed by atoms with Crippen LogP contribution in [0.15, 0.2) is 53.4 Å². The average Bonchev–Trinajstić information content (AvgIpc) is 2.46. The van der Waals surface area contributed by atoms with Crippen molar-refractivity contribution in [3.63, 3.8) is 0 Å². The molecule has 0 radical (unpaired) electrons. The molecule has 0 fully saturated rings. The van der Waals surface area contributed by atoms with Gasteiger partial charge in [-0.2, -0.15) is 5.26 Å². The van der Waals surface area contributed by atoms with Crippen molar-refractivity contribution in [1.82, 2.24) is 0 Å². The highest BCUT2D eigenvalue weighted by Gasteiger charge is 2.12. The van der Waals surface area contributed by atoms with Crippen LogP contribution < -0.4 is 4.90 Å². The van der Waals surface area contributed by atoms with Crippen LogP contribution in [0.1, 0.15) is 5.56 Å². The van der Waals surface area contributed by atoms with Gasteiger partial charge in [0.05, 0.1) is 11.3 Å². The summed E-state index contributed by atoms with van der Waals surface area (Å²) in [6.07, 6.45) is 1.99. The Balaban J connectivity index is 2.49. The second-order valence-corrected chi connectivity index (χ2v) is 4.71. The van der Waals surface area contributed by atoms with Crippen molar-refractivity contribution in [1.29, 1.82) is 5.26 Å². The van der Waals surface area contributed by atoms with E-state index >= 15 is 0 Å². The molecule has 0 aliphatic rings. The second kappa shape index (κ2) is 5.61. The topological polar surface area (TPSA) is 27.0 Å². The summed E-state index contributed by atoms with van der Waals surface area (Å²) in [7, 11) is 1.98. The SMILES string of the molecule is CSc1cccc(N(C)c2ccccc2)c1C#N. The minimum atomic E-state index is 0.733. The van der Waals surface area contributed by atoms with Crippen molar-refractivity contribution in [3.05, 3.63) is 54.1 Å². The van der Waals surface area contributed by atoms with Crippen LogP contribution in [0.4, 0.5) is 11.4 Å². The monoisotopic (exact) mass is 254 g/mol.